The largest absolute Gasteiger partial charge is 0.362 e. The highest BCUT2D eigenvalue weighted by molar-refractivity contribution is 6.30. The fraction of sp³-hybridized carbons (Fsp3) is 0.292. The highest BCUT2D eigenvalue weighted by Crippen LogP contribution is 2.43. The summed E-state index contributed by atoms with van der Waals surface area (Å²) >= 11 is 6.26. The minimum Gasteiger partial charge on any atom is -0.362 e. The number of carbonyl (C=O) groups is 2. The summed E-state index contributed by atoms with van der Waals surface area (Å²) in [6.07, 6.45) is 2.96. The summed E-state index contributed by atoms with van der Waals surface area (Å²) in [5.74, 6) is 0.0694. The van der Waals surface area contributed by atoms with E-state index in [0.717, 1.165) is 28.9 Å². The lowest BCUT2D eigenvalue weighted by Gasteiger charge is -2.36. The maximum Gasteiger partial charge on any atom is 0.255 e. The Morgan fingerprint density at radius 3 is 2.70 bits per heavy atom. The number of nitrogens with zero attached hydrogens (tertiary/aromatic N) is 1. The molecular formula is C24H24ClN3O2. The number of aromatic nitrogens is 1. The molecule has 0 saturated heterocycles. The first-order chi connectivity index (χ1) is 14.3. The van der Waals surface area contributed by atoms with Gasteiger partial charge in [-0.05, 0) is 55.5 Å². The smallest absolute Gasteiger partial charge is 0.255 e. The van der Waals surface area contributed by atoms with Crippen molar-refractivity contribution in [2.45, 2.75) is 39.5 Å². The number of anilines is 1. The first-order valence-corrected chi connectivity index (χ1v) is 10.4. The second-order valence-corrected chi connectivity index (χ2v) is 8.59. The fourth-order valence-electron chi connectivity index (χ4n) is 4.28. The van der Waals surface area contributed by atoms with E-state index in [0.29, 0.717) is 28.4 Å². The third kappa shape index (κ3) is 3.90. The van der Waals surface area contributed by atoms with Crippen LogP contribution in [0.5, 0.6) is 0 Å². The van der Waals surface area contributed by atoms with E-state index in [9.17, 15) is 9.59 Å². The summed E-state index contributed by atoms with van der Waals surface area (Å²) in [5.41, 5.74) is 4.68. The number of halogens is 1. The van der Waals surface area contributed by atoms with Crippen LogP contribution in [-0.2, 0) is 9.59 Å². The molecule has 4 rings (SSSR count). The molecule has 1 aromatic heterocycles. The lowest BCUT2D eigenvalue weighted by atomic mass is 9.73. The van der Waals surface area contributed by atoms with Crippen molar-refractivity contribution in [2.24, 2.45) is 5.92 Å². The Morgan fingerprint density at radius 2 is 2.00 bits per heavy atom. The summed E-state index contributed by atoms with van der Waals surface area (Å²) < 4.78 is 0. The van der Waals surface area contributed by atoms with Crippen molar-refractivity contribution in [2.75, 3.05) is 5.32 Å². The molecule has 2 atom stereocenters. The summed E-state index contributed by atoms with van der Waals surface area (Å²) in [6, 6.07) is 11.1. The molecule has 1 aliphatic heterocycles. The van der Waals surface area contributed by atoms with Gasteiger partial charge in [0.15, 0.2) is 5.78 Å². The number of dihydropyridines is 1. The van der Waals surface area contributed by atoms with Gasteiger partial charge in [-0.3, -0.25) is 9.59 Å². The number of carbonyl (C=O) groups excluding carboxylic acids is 2. The van der Waals surface area contributed by atoms with Crippen LogP contribution in [0, 0.1) is 12.8 Å². The summed E-state index contributed by atoms with van der Waals surface area (Å²) in [6.45, 7) is 5.89. The van der Waals surface area contributed by atoms with Gasteiger partial charge in [-0.1, -0.05) is 36.7 Å². The Morgan fingerprint density at radius 1 is 1.20 bits per heavy atom. The lowest BCUT2D eigenvalue weighted by Crippen LogP contribution is -2.37. The van der Waals surface area contributed by atoms with E-state index >= 15 is 0 Å². The van der Waals surface area contributed by atoms with Crippen molar-refractivity contribution in [1.82, 2.24) is 10.3 Å². The number of benzene rings is 1. The zero-order chi connectivity index (χ0) is 21.4. The van der Waals surface area contributed by atoms with Crippen LogP contribution in [0.25, 0.3) is 0 Å². The summed E-state index contributed by atoms with van der Waals surface area (Å²) in [4.78, 5) is 30.7. The molecule has 0 bridgehead atoms. The summed E-state index contributed by atoms with van der Waals surface area (Å²) in [5, 5.41) is 6.80. The van der Waals surface area contributed by atoms with E-state index < -0.39 is 5.92 Å². The van der Waals surface area contributed by atoms with E-state index in [1.165, 1.54) is 0 Å². The molecule has 6 heteroatoms. The van der Waals surface area contributed by atoms with E-state index in [2.05, 4.69) is 22.5 Å². The average molecular weight is 422 g/mol. The topological polar surface area (TPSA) is 71.1 Å². The summed E-state index contributed by atoms with van der Waals surface area (Å²) in [7, 11) is 0. The van der Waals surface area contributed by atoms with E-state index in [1.54, 1.807) is 18.3 Å². The number of rotatable bonds is 3. The highest BCUT2D eigenvalue weighted by Gasteiger charge is 2.39. The van der Waals surface area contributed by atoms with Crippen LogP contribution < -0.4 is 10.6 Å². The first kappa shape index (κ1) is 20.4. The van der Waals surface area contributed by atoms with E-state index in [4.69, 9.17) is 11.6 Å². The SMILES string of the molecule is CC1=C(C(=O)Nc2ccc(C)cn2)[C@@H](c2cccc(Cl)c2)C2=C(C[C@H](C)CC2=O)N1. The molecule has 0 radical (unpaired) electrons. The maximum atomic E-state index is 13.4. The molecule has 2 aliphatic rings. The molecule has 2 aromatic rings. The molecule has 0 saturated carbocycles. The van der Waals surface area contributed by atoms with Crippen LogP contribution in [0.2, 0.25) is 5.02 Å². The molecule has 0 fully saturated rings. The van der Waals surface area contributed by atoms with Gasteiger partial charge in [0, 0.05) is 46.1 Å². The fourth-order valence-corrected chi connectivity index (χ4v) is 4.48. The third-order valence-electron chi connectivity index (χ3n) is 5.61. The quantitative estimate of drug-likeness (QED) is 0.739. The van der Waals surface area contributed by atoms with Gasteiger partial charge in [0.25, 0.3) is 5.91 Å². The molecule has 2 heterocycles. The van der Waals surface area contributed by atoms with E-state index in [1.807, 2.05) is 38.1 Å². The number of nitrogens with one attached hydrogen (secondary N) is 2. The number of ketones is 1. The van der Waals surface area contributed by atoms with Crippen molar-refractivity contribution in [1.29, 1.82) is 0 Å². The standard InChI is InChI=1S/C24H24ClN3O2/c1-13-7-8-20(26-12-13)28-24(30)21-15(3)27-18-9-14(2)10-19(29)23(18)22(21)16-5-4-6-17(25)11-16/h4-8,11-12,14,22,27H,9-10H2,1-3H3,(H,26,28,30)/t14-,22+/m0/s1. The van der Waals surface area contributed by atoms with Gasteiger partial charge in [-0.25, -0.2) is 4.98 Å². The van der Waals surface area contributed by atoms with Gasteiger partial charge >= 0.3 is 0 Å². The Kier molecular flexibility index (Phi) is 5.48. The van der Waals surface area contributed by atoms with Gasteiger partial charge in [0.2, 0.25) is 0 Å². The van der Waals surface area contributed by atoms with Gasteiger partial charge in [0.05, 0.1) is 0 Å². The number of aryl methyl sites for hydroxylation is 1. The minimum atomic E-state index is -0.467. The predicted octanol–water partition coefficient (Wildman–Crippen LogP) is 4.90. The molecule has 2 N–H and O–H groups in total. The first-order valence-electron chi connectivity index (χ1n) is 10.1. The van der Waals surface area contributed by atoms with Crippen molar-refractivity contribution in [3.63, 3.8) is 0 Å². The van der Waals surface area contributed by atoms with Gasteiger partial charge in [-0.2, -0.15) is 0 Å². The van der Waals surface area contributed by atoms with Gasteiger partial charge in [-0.15, -0.1) is 0 Å². The second kappa shape index (κ2) is 8.07. The molecule has 1 aromatic carbocycles. The maximum absolute atomic E-state index is 13.4. The molecule has 0 spiro atoms. The van der Waals surface area contributed by atoms with Crippen LogP contribution in [0.1, 0.15) is 43.7 Å². The van der Waals surface area contributed by atoms with E-state index in [-0.39, 0.29) is 17.6 Å². The normalized spacial score (nSPS) is 21.3. The van der Waals surface area contributed by atoms with Crippen LogP contribution in [-0.4, -0.2) is 16.7 Å². The monoisotopic (exact) mass is 421 g/mol. The number of hydrogen-bond acceptors (Lipinski definition) is 4. The third-order valence-corrected chi connectivity index (χ3v) is 5.85. The Labute approximate surface area is 181 Å². The number of Topliss-reactive ketones (excluding diaryl/α,β-unsaturated/α-hetero) is 1. The minimum absolute atomic E-state index is 0.0764. The van der Waals surface area contributed by atoms with Crippen LogP contribution in [0.3, 0.4) is 0 Å². The molecule has 0 unspecified atom stereocenters. The Bertz CT molecular complexity index is 1090. The zero-order valence-electron chi connectivity index (χ0n) is 17.3. The van der Waals surface area contributed by atoms with Crippen molar-refractivity contribution < 1.29 is 9.59 Å². The highest BCUT2D eigenvalue weighted by atomic mass is 35.5. The number of allylic oxidation sites excluding steroid dienone is 3. The Hall–Kier alpha value is -2.92. The molecule has 5 nitrogen and oxygen atoms in total. The van der Waals surface area contributed by atoms with Crippen LogP contribution in [0.15, 0.2) is 65.1 Å². The van der Waals surface area contributed by atoms with Gasteiger partial charge in [0.1, 0.15) is 5.82 Å². The molecule has 1 aliphatic carbocycles. The Balaban J connectivity index is 1.79. The van der Waals surface area contributed by atoms with Crippen molar-refractivity contribution in [3.8, 4) is 0 Å². The number of amides is 1. The lowest BCUT2D eigenvalue weighted by molar-refractivity contribution is -0.117. The van der Waals surface area contributed by atoms with Crippen molar-refractivity contribution in [3.05, 3.63) is 81.3 Å². The molecule has 1 amide bonds. The average Bonchev–Trinajstić information content (AvgIpc) is 2.68. The predicted molar refractivity (Wildman–Crippen MR) is 118 cm³/mol. The second-order valence-electron chi connectivity index (χ2n) is 8.16. The van der Waals surface area contributed by atoms with Crippen molar-refractivity contribution >= 4 is 29.1 Å². The van der Waals surface area contributed by atoms with Crippen LogP contribution in [0.4, 0.5) is 5.82 Å². The zero-order valence-corrected chi connectivity index (χ0v) is 18.0. The van der Waals surface area contributed by atoms with Gasteiger partial charge < -0.3 is 10.6 Å². The number of pyridine rings is 1. The molecule has 154 valence electrons. The van der Waals surface area contributed by atoms with Crippen LogP contribution >= 0.6 is 11.6 Å². The molecule has 30 heavy (non-hydrogen) atoms. The number of hydrogen-bond donors (Lipinski definition) is 2. The molecular weight excluding hydrogens is 398 g/mol.